The van der Waals surface area contributed by atoms with Gasteiger partial charge in [0.1, 0.15) is 12.4 Å². The summed E-state index contributed by atoms with van der Waals surface area (Å²) in [5.74, 6) is 0.771. The average Bonchev–Trinajstić information content (AvgIpc) is 2.47. The molecule has 0 atom stereocenters. The van der Waals surface area contributed by atoms with Gasteiger partial charge in [-0.25, -0.2) is 8.42 Å². The topological polar surface area (TPSA) is 58.6 Å². The molecule has 1 aliphatic rings. The number of nitrogens with zero attached hydrogens (tertiary/aromatic N) is 1. The molecule has 0 spiro atoms. The molecule has 0 saturated carbocycles. The molecule has 1 heterocycles. The Morgan fingerprint density at radius 1 is 1.13 bits per heavy atom. The summed E-state index contributed by atoms with van der Waals surface area (Å²) in [5, 5.41) is 0. The fourth-order valence-corrected chi connectivity index (χ4v) is 4.00. The highest BCUT2D eigenvalue weighted by atomic mass is 32.2. The first kappa shape index (κ1) is 15.7. The third-order valence-electron chi connectivity index (χ3n) is 3.93. The van der Waals surface area contributed by atoms with Crippen LogP contribution in [0.3, 0.4) is 0 Å². The summed E-state index contributed by atoms with van der Waals surface area (Å²) in [6, 6.07) is 10.6. The van der Waals surface area contributed by atoms with E-state index >= 15 is 0 Å². The molecule has 0 bridgehead atoms. The van der Waals surface area contributed by atoms with E-state index in [1.165, 1.54) is 0 Å². The first-order valence-corrected chi connectivity index (χ1v) is 8.93. The van der Waals surface area contributed by atoms with Gasteiger partial charge in [0.05, 0.1) is 22.8 Å². The Balaban J connectivity index is 1.93. The van der Waals surface area contributed by atoms with E-state index in [1.807, 2.05) is 24.9 Å². The summed E-state index contributed by atoms with van der Waals surface area (Å²) in [6.45, 7) is 5.16. The van der Waals surface area contributed by atoms with Crippen LogP contribution in [0.4, 0.5) is 11.4 Å². The van der Waals surface area contributed by atoms with E-state index in [0.717, 1.165) is 29.1 Å². The van der Waals surface area contributed by atoms with Gasteiger partial charge in [0.15, 0.2) is 0 Å². The van der Waals surface area contributed by atoms with Crippen molar-refractivity contribution in [3.8, 4) is 5.75 Å². The normalized spacial score (nSPS) is 14.1. The van der Waals surface area contributed by atoms with E-state index in [4.69, 9.17) is 4.74 Å². The van der Waals surface area contributed by atoms with E-state index in [2.05, 4.69) is 4.72 Å². The number of hydrogen-bond donors (Lipinski definition) is 1. The number of fused-ring (bicyclic) bond motifs is 1. The fourth-order valence-electron chi connectivity index (χ4n) is 2.73. The fraction of sp³-hybridized carbons (Fsp3) is 0.294. The van der Waals surface area contributed by atoms with Crippen LogP contribution in [0.1, 0.15) is 11.1 Å². The first-order valence-electron chi connectivity index (χ1n) is 7.45. The zero-order valence-corrected chi connectivity index (χ0v) is 14.3. The molecule has 0 unspecified atom stereocenters. The van der Waals surface area contributed by atoms with Gasteiger partial charge in [0.25, 0.3) is 10.0 Å². The Labute approximate surface area is 136 Å². The molecular formula is C17H20N2O3S. The van der Waals surface area contributed by atoms with Gasteiger partial charge in [-0.2, -0.15) is 0 Å². The maximum Gasteiger partial charge on any atom is 0.262 e. The van der Waals surface area contributed by atoms with Gasteiger partial charge in [-0.15, -0.1) is 0 Å². The number of anilines is 2. The lowest BCUT2D eigenvalue weighted by molar-refractivity contribution is 0.311. The molecule has 122 valence electrons. The molecule has 1 aliphatic heterocycles. The van der Waals surface area contributed by atoms with E-state index in [-0.39, 0.29) is 0 Å². The summed E-state index contributed by atoms with van der Waals surface area (Å²) in [7, 11) is -1.65. The molecule has 3 rings (SSSR count). The minimum Gasteiger partial charge on any atom is -0.490 e. The third kappa shape index (κ3) is 3.12. The minimum absolute atomic E-state index is 0.297. The Kier molecular flexibility index (Phi) is 3.93. The Hall–Kier alpha value is -2.21. The van der Waals surface area contributed by atoms with Crippen molar-refractivity contribution in [2.75, 3.05) is 29.8 Å². The van der Waals surface area contributed by atoms with E-state index in [0.29, 0.717) is 17.2 Å². The SMILES string of the molecule is Cc1ccc(S(=O)(=O)Nc2ccc3c(c2)N(C)CCO3)c(C)c1. The molecule has 1 N–H and O–H groups in total. The first-order chi connectivity index (χ1) is 10.9. The number of sulfonamides is 1. The summed E-state index contributed by atoms with van der Waals surface area (Å²) in [6.07, 6.45) is 0. The summed E-state index contributed by atoms with van der Waals surface area (Å²) < 4.78 is 33.5. The molecule has 2 aromatic carbocycles. The van der Waals surface area contributed by atoms with Crippen molar-refractivity contribution in [1.29, 1.82) is 0 Å². The summed E-state index contributed by atoms with van der Waals surface area (Å²) in [5.41, 5.74) is 3.18. The lowest BCUT2D eigenvalue weighted by atomic mass is 10.2. The summed E-state index contributed by atoms with van der Waals surface area (Å²) in [4.78, 5) is 2.35. The number of likely N-dealkylation sites (N-methyl/N-ethyl adjacent to an activating group) is 1. The molecule has 0 amide bonds. The second-order valence-electron chi connectivity index (χ2n) is 5.83. The quantitative estimate of drug-likeness (QED) is 0.939. The lowest BCUT2D eigenvalue weighted by Gasteiger charge is -2.28. The van der Waals surface area contributed by atoms with Crippen LogP contribution in [0.2, 0.25) is 0 Å². The number of nitrogens with one attached hydrogen (secondary N) is 1. The molecule has 0 aliphatic carbocycles. The van der Waals surface area contributed by atoms with Crippen LogP contribution in [0.15, 0.2) is 41.3 Å². The van der Waals surface area contributed by atoms with Gasteiger partial charge >= 0.3 is 0 Å². The number of benzene rings is 2. The van der Waals surface area contributed by atoms with Gasteiger partial charge < -0.3 is 9.64 Å². The van der Waals surface area contributed by atoms with Crippen LogP contribution in [0.5, 0.6) is 5.75 Å². The van der Waals surface area contributed by atoms with Gasteiger partial charge in [-0.1, -0.05) is 17.7 Å². The van der Waals surface area contributed by atoms with Crippen LogP contribution in [0, 0.1) is 13.8 Å². The number of rotatable bonds is 3. The van der Waals surface area contributed by atoms with Gasteiger partial charge in [-0.3, -0.25) is 4.72 Å². The van der Waals surface area contributed by atoms with Crippen molar-refractivity contribution in [1.82, 2.24) is 0 Å². The maximum absolute atomic E-state index is 12.6. The van der Waals surface area contributed by atoms with Crippen LogP contribution in [-0.2, 0) is 10.0 Å². The predicted molar refractivity (Wildman–Crippen MR) is 91.9 cm³/mol. The highest BCUT2D eigenvalue weighted by Crippen LogP contribution is 2.34. The molecule has 6 heteroatoms. The molecule has 2 aromatic rings. The highest BCUT2D eigenvalue weighted by molar-refractivity contribution is 7.92. The molecular weight excluding hydrogens is 312 g/mol. The Morgan fingerprint density at radius 3 is 2.65 bits per heavy atom. The smallest absolute Gasteiger partial charge is 0.262 e. The number of ether oxygens (including phenoxy) is 1. The Morgan fingerprint density at radius 2 is 1.91 bits per heavy atom. The lowest BCUT2D eigenvalue weighted by Crippen LogP contribution is -2.28. The molecule has 0 radical (unpaired) electrons. The van der Waals surface area contributed by atoms with Crippen LogP contribution in [0.25, 0.3) is 0 Å². The van der Waals surface area contributed by atoms with E-state index in [1.54, 1.807) is 37.3 Å². The molecule has 0 aromatic heterocycles. The van der Waals surface area contributed by atoms with Crippen molar-refractivity contribution >= 4 is 21.4 Å². The van der Waals surface area contributed by atoms with Crippen molar-refractivity contribution < 1.29 is 13.2 Å². The van der Waals surface area contributed by atoms with E-state index in [9.17, 15) is 8.42 Å². The van der Waals surface area contributed by atoms with Crippen LogP contribution < -0.4 is 14.4 Å². The number of hydrogen-bond acceptors (Lipinski definition) is 4. The maximum atomic E-state index is 12.6. The van der Waals surface area contributed by atoms with Crippen LogP contribution >= 0.6 is 0 Å². The average molecular weight is 332 g/mol. The second kappa shape index (κ2) is 5.77. The largest absolute Gasteiger partial charge is 0.490 e. The zero-order chi connectivity index (χ0) is 16.6. The third-order valence-corrected chi connectivity index (χ3v) is 5.47. The summed E-state index contributed by atoms with van der Waals surface area (Å²) >= 11 is 0. The molecule has 0 fully saturated rings. The van der Waals surface area contributed by atoms with Gasteiger partial charge in [0.2, 0.25) is 0 Å². The second-order valence-corrected chi connectivity index (χ2v) is 7.48. The van der Waals surface area contributed by atoms with Gasteiger partial charge in [-0.05, 0) is 43.7 Å². The van der Waals surface area contributed by atoms with Crippen LogP contribution in [-0.4, -0.2) is 28.6 Å². The minimum atomic E-state index is -3.61. The van der Waals surface area contributed by atoms with Crippen molar-refractivity contribution in [3.05, 3.63) is 47.5 Å². The van der Waals surface area contributed by atoms with Crippen molar-refractivity contribution in [2.24, 2.45) is 0 Å². The highest BCUT2D eigenvalue weighted by Gasteiger charge is 2.19. The predicted octanol–water partition coefficient (Wildman–Crippen LogP) is 2.93. The molecule has 23 heavy (non-hydrogen) atoms. The number of aryl methyl sites for hydroxylation is 2. The molecule has 0 saturated heterocycles. The standard InChI is InChI=1S/C17H20N2O3S/c1-12-4-7-17(13(2)10-12)23(20,21)18-14-5-6-16-15(11-14)19(3)8-9-22-16/h4-7,10-11,18H,8-9H2,1-3H3. The Bertz CT molecular complexity index is 847. The monoisotopic (exact) mass is 332 g/mol. The zero-order valence-electron chi connectivity index (χ0n) is 13.5. The van der Waals surface area contributed by atoms with Crippen molar-refractivity contribution in [3.63, 3.8) is 0 Å². The van der Waals surface area contributed by atoms with Crippen molar-refractivity contribution in [2.45, 2.75) is 18.7 Å². The van der Waals surface area contributed by atoms with Gasteiger partial charge in [0, 0.05) is 7.05 Å². The van der Waals surface area contributed by atoms with E-state index < -0.39 is 10.0 Å². The molecule has 5 nitrogen and oxygen atoms in total.